The van der Waals surface area contributed by atoms with Gasteiger partial charge in [0.15, 0.2) is 15.4 Å². The zero-order valence-corrected chi connectivity index (χ0v) is 17.0. The molecule has 130 valence electrons. The van der Waals surface area contributed by atoms with Crippen LogP contribution in [0.15, 0.2) is 27.5 Å². The number of sulfone groups is 1. The molecule has 0 radical (unpaired) electrons. The Morgan fingerprint density at radius 2 is 2.00 bits per heavy atom. The van der Waals surface area contributed by atoms with Crippen molar-refractivity contribution < 1.29 is 12.8 Å². The number of oxazole rings is 1. The van der Waals surface area contributed by atoms with Crippen molar-refractivity contribution in [1.29, 1.82) is 0 Å². The van der Waals surface area contributed by atoms with Crippen molar-refractivity contribution in [3.8, 4) is 0 Å². The maximum Gasteiger partial charge on any atom is 0.295 e. The number of hydrogen-bond donors (Lipinski definition) is 2. The maximum atomic E-state index is 11.9. The van der Waals surface area contributed by atoms with E-state index in [4.69, 9.17) is 4.42 Å². The van der Waals surface area contributed by atoms with Crippen molar-refractivity contribution in [2.24, 2.45) is 0 Å². The molecule has 1 fully saturated rings. The lowest BCUT2D eigenvalue weighted by Gasteiger charge is -2.22. The zero-order valence-electron chi connectivity index (χ0n) is 12.7. The molecule has 0 spiro atoms. The highest BCUT2D eigenvalue weighted by atomic mass is 79.9. The van der Waals surface area contributed by atoms with Gasteiger partial charge in [-0.15, -0.1) is 34.0 Å². The number of benzene rings is 1. The second-order valence-electron chi connectivity index (χ2n) is 5.22. The molecule has 6 nitrogen and oxygen atoms in total. The number of nitrogens with zero attached hydrogens (tertiary/aromatic N) is 1. The summed E-state index contributed by atoms with van der Waals surface area (Å²) in [6.07, 6.45) is 2.04. The molecule has 1 aliphatic heterocycles. The molecule has 0 aliphatic carbocycles. The van der Waals surface area contributed by atoms with Gasteiger partial charge in [0, 0.05) is 6.04 Å². The Hall–Kier alpha value is -0.640. The number of nitrogens with one attached hydrogen (secondary N) is 2. The summed E-state index contributed by atoms with van der Waals surface area (Å²) in [5.41, 5.74) is 1.17. The number of halogens is 2. The summed E-state index contributed by atoms with van der Waals surface area (Å²) in [4.78, 5) is 4.64. The van der Waals surface area contributed by atoms with E-state index < -0.39 is 9.84 Å². The summed E-state index contributed by atoms with van der Waals surface area (Å²) < 4.78 is 29.4. The van der Waals surface area contributed by atoms with Crippen LogP contribution in [0.4, 0.5) is 6.01 Å². The third-order valence-corrected chi connectivity index (χ3v) is 5.50. The van der Waals surface area contributed by atoms with Gasteiger partial charge in [-0.3, -0.25) is 0 Å². The third-order valence-electron chi connectivity index (χ3n) is 3.76. The van der Waals surface area contributed by atoms with Gasteiger partial charge >= 0.3 is 0 Å². The molecule has 2 heterocycles. The molecule has 3 rings (SSSR count). The van der Waals surface area contributed by atoms with Crippen LogP contribution >= 0.6 is 34.0 Å². The Morgan fingerprint density at radius 3 is 2.65 bits per heavy atom. The number of piperidine rings is 1. The van der Waals surface area contributed by atoms with Gasteiger partial charge < -0.3 is 15.1 Å². The molecule has 0 atom stereocenters. The second kappa shape index (κ2) is 8.46. The van der Waals surface area contributed by atoms with E-state index in [1.165, 1.54) is 0 Å². The lowest BCUT2D eigenvalue weighted by molar-refractivity contribution is 0.466. The molecule has 1 aromatic heterocycles. The minimum Gasteiger partial charge on any atom is -0.424 e. The zero-order chi connectivity index (χ0) is 14.9. The second-order valence-corrected chi connectivity index (χ2v) is 7.50. The van der Waals surface area contributed by atoms with Gasteiger partial charge in [-0.25, -0.2) is 8.42 Å². The molecule has 0 bridgehead atoms. The molecule has 0 amide bonds. The topological polar surface area (TPSA) is 84.2 Å². The monoisotopic (exact) mass is 469 g/mol. The molecule has 9 heteroatoms. The van der Waals surface area contributed by atoms with E-state index in [2.05, 4.69) is 15.6 Å². The predicted octanol–water partition coefficient (Wildman–Crippen LogP) is 2.94. The van der Waals surface area contributed by atoms with E-state index in [1.54, 1.807) is 25.1 Å². The van der Waals surface area contributed by atoms with Gasteiger partial charge in [-0.05, 0) is 44.1 Å². The predicted molar refractivity (Wildman–Crippen MR) is 102 cm³/mol. The van der Waals surface area contributed by atoms with E-state index in [0.717, 1.165) is 25.9 Å². The van der Waals surface area contributed by atoms with Gasteiger partial charge in [0.2, 0.25) is 0 Å². The Labute approximate surface area is 156 Å². The van der Waals surface area contributed by atoms with E-state index >= 15 is 0 Å². The molecule has 1 saturated heterocycles. The first-order valence-corrected chi connectivity index (χ1v) is 8.84. The summed E-state index contributed by atoms with van der Waals surface area (Å²) in [5.74, 6) is 0.0799. The van der Waals surface area contributed by atoms with E-state index in [1.807, 2.05) is 0 Å². The molecule has 0 unspecified atom stereocenters. The molecule has 1 aliphatic rings. The Kier molecular flexibility index (Phi) is 7.50. The quantitative estimate of drug-likeness (QED) is 0.714. The van der Waals surface area contributed by atoms with Gasteiger partial charge in [-0.2, -0.15) is 4.98 Å². The van der Waals surface area contributed by atoms with Crippen molar-refractivity contribution >= 4 is 60.9 Å². The fraction of sp³-hybridized carbons (Fsp3) is 0.500. The van der Waals surface area contributed by atoms with Crippen LogP contribution in [0, 0.1) is 0 Å². The number of fused-ring (bicyclic) bond motifs is 1. The molecular formula is C14H21Br2N3O3S. The molecule has 2 N–H and O–H groups in total. The Morgan fingerprint density at radius 1 is 1.30 bits per heavy atom. The van der Waals surface area contributed by atoms with Crippen molar-refractivity contribution in [2.75, 3.05) is 24.2 Å². The van der Waals surface area contributed by atoms with Crippen molar-refractivity contribution in [2.45, 2.75) is 30.7 Å². The normalized spacial score (nSPS) is 15.7. The first-order chi connectivity index (χ1) is 10.1. The average Bonchev–Trinajstić information content (AvgIpc) is 2.89. The van der Waals surface area contributed by atoms with Gasteiger partial charge in [-0.1, -0.05) is 6.92 Å². The van der Waals surface area contributed by atoms with Crippen LogP contribution in [-0.2, 0) is 9.84 Å². The summed E-state index contributed by atoms with van der Waals surface area (Å²) in [7, 11) is -3.22. The number of anilines is 1. The first-order valence-electron chi connectivity index (χ1n) is 7.19. The van der Waals surface area contributed by atoms with Crippen molar-refractivity contribution in [3.63, 3.8) is 0 Å². The van der Waals surface area contributed by atoms with Gasteiger partial charge in [0.1, 0.15) is 5.52 Å². The Balaban J connectivity index is 0.00000132. The lowest BCUT2D eigenvalue weighted by atomic mass is 10.1. The van der Waals surface area contributed by atoms with E-state index in [0.29, 0.717) is 28.1 Å². The highest BCUT2D eigenvalue weighted by molar-refractivity contribution is 8.93. The SMILES string of the molecule is Br.Br.CCS(=O)(=O)c1ccc2oc(NC3CCNCC3)nc2c1. The summed E-state index contributed by atoms with van der Waals surface area (Å²) in [5, 5.41) is 6.58. The fourth-order valence-electron chi connectivity index (χ4n) is 2.47. The van der Waals surface area contributed by atoms with Gasteiger partial charge in [0.05, 0.1) is 10.6 Å². The lowest BCUT2D eigenvalue weighted by Crippen LogP contribution is -2.35. The van der Waals surface area contributed by atoms with Crippen molar-refractivity contribution in [3.05, 3.63) is 18.2 Å². The van der Waals surface area contributed by atoms with Crippen LogP contribution in [-0.4, -0.2) is 38.3 Å². The molecule has 0 saturated carbocycles. The molecule has 2 aromatic rings. The molecule has 23 heavy (non-hydrogen) atoms. The van der Waals surface area contributed by atoms with Crippen LogP contribution in [0.1, 0.15) is 19.8 Å². The van der Waals surface area contributed by atoms with Crippen LogP contribution < -0.4 is 10.6 Å². The van der Waals surface area contributed by atoms with E-state index in [-0.39, 0.29) is 39.7 Å². The standard InChI is InChI=1S/C14H19N3O3S.2BrH/c1-2-21(18,19)11-3-4-13-12(9-11)17-14(20-13)16-10-5-7-15-8-6-10;;/h3-4,9-10,15H,2,5-8H2,1H3,(H,16,17);2*1H. The molecular weight excluding hydrogens is 450 g/mol. The third kappa shape index (κ3) is 4.68. The summed E-state index contributed by atoms with van der Waals surface area (Å²) >= 11 is 0. The number of aromatic nitrogens is 1. The number of rotatable bonds is 4. The average molecular weight is 471 g/mol. The first kappa shape index (κ1) is 20.4. The largest absolute Gasteiger partial charge is 0.424 e. The summed E-state index contributed by atoms with van der Waals surface area (Å²) in [6, 6.07) is 5.62. The van der Waals surface area contributed by atoms with Crippen LogP contribution in [0.3, 0.4) is 0 Å². The Bertz CT molecular complexity index is 743. The molecule has 1 aromatic carbocycles. The number of hydrogen-bond acceptors (Lipinski definition) is 6. The van der Waals surface area contributed by atoms with Crippen LogP contribution in [0.2, 0.25) is 0 Å². The smallest absolute Gasteiger partial charge is 0.295 e. The minimum absolute atomic E-state index is 0. The maximum absolute atomic E-state index is 11.9. The van der Waals surface area contributed by atoms with Crippen LogP contribution in [0.25, 0.3) is 11.1 Å². The van der Waals surface area contributed by atoms with Crippen molar-refractivity contribution in [1.82, 2.24) is 10.3 Å². The highest BCUT2D eigenvalue weighted by Gasteiger charge is 2.17. The minimum atomic E-state index is -3.22. The van der Waals surface area contributed by atoms with Crippen LogP contribution in [0.5, 0.6) is 0 Å². The van der Waals surface area contributed by atoms with E-state index in [9.17, 15) is 8.42 Å². The van der Waals surface area contributed by atoms with Gasteiger partial charge in [0.25, 0.3) is 6.01 Å². The summed E-state index contributed by atoms with van der Waals surface area (Å²) in [6.45, 7) is 3.60. The highest BCUT2D eigenvalue weighted by Crippen LogP contribution is 2.24. The fourth-order valence-corrected chi connectivity index (χ4v) is 3.37.